The fourth-order valence-electron chi connectivity index (χ4n) is 2.70. The third-order valence-corrected chi connectivity index (χ3v) is 4.19. The van der Waals surface area contributed by atoms with Gasteiger partial charge in [-0.3, -0.25) is 0 Å². The van der Waals surface area contributed by atoms with Gasteiger partial charge < -0.3 is 15.0 Å². The van der Waals surface area contributed by atoms with Crippen molar-refractivity contribution in [3.05, 3.63) is 0 Å². The molecule has 1 heterocycles. The van der Waals surface area contributed by atoms with Crippen molar-refractivity contribution in [3.8, 4) is 0 Å². The van der Waals surface area contributed by atoms with Crippen LogP contribution in [0, 0.1) is 11.8 Å². The predicted octanol–water partition coefficient (Wildman–Crippen LogP) is 1.97. The fraction of sp³-hybridized carbons (Fsp3) is 0.857. The normalized spacial score (nSPS) is 24.1. The Morgan fingerprint density at radius 3 is 2.45 bits per heavy atom. The summed E-state index contributed by atoms with van der Waals surface area (Å²) < 4.78 is 4.76. The van der Waals surface area contributed by atoms with E-state index in [0.717, 1.165) is 25.3 Å². The Labute approximate surface area is 125 Å². The molecule has 3 atom stereocenters. The van der Waals surface area contributed by atoms with E-state index in [4.69, 9.17) is 4.74 Å². The van der Waals surface area contributed by atoms with Crippen LogP contribution in [0.4, 0.5) is 4.79 Å². The first-order valence-electron chi connectivity index (χ1n) is 7.10. The van der Waals surface area contributed by atoms with Gasteiger partial charge in [0.05, 0.1) is 7.11 Å². The zero-order valence-corrected chi connectivity index (χ0v) is 13.7. The highest BCUT2D eigenvalue weighted by Gasteiger charge is 2.28. The molecule has 1 fully saturated rings. The van der Waals surface area contributed by atoms with E-state index in [1.54, 1.807) is 11.8 Å². The highest BCUT2D eigenvalue weighted by atomic mass is 32.2. The maximum Gasteiger partial charge on any atom is 0.328 e. The van der Waals surface area contributed by atoms with Crippen molar-refractivity contribution in [3.63, 3.8) is 0 Å². The van der Waals surface area contributed by atoms with Crippen molar-refractivity contribution < 1.29 is 14.3 Å². The highest BCUT2D eigenvalue weighted by Crippen LogP contribution is 2.21. The van der Waals surface area contributed by atoms with Crippen LogP contribution in [0.1, 0.15) is 26.7 Å². The molecule has 0 radical (unpaired) electrons. The van der Waals surface area contributed by atoms with E-state index in [1.807, 2.05) is 11.2 Å². The van der Waals surface area contributed by atoms with Gasteiger partial charge in [0.2, 0.25) is 0 Å². The number of nitrogens with zero attached hydrogens (tertiary/aromatic N) is 1. The molecule has 0 aromatic rings. The quantitative estimate of drug-likeness (QED) is 0.789. The lowest BCUT2D eigenvalue weighted by Gasteiger charge is -2.35. The van der Waals surface area contributed by atoms with Gasteiger partial charge in [-0.05, 0) is 36.7 Å². The first kappa shape index (κ1) is 17.1. The highest BCUT2D eigenvalue weighted by molar-refractivity contribution is 7.98. The van der Waals surface area contributed by atoms with Crippen molar-refractivity contribution >= 4 is 23.8 Å². The summed E-state index contributed by atoms with van der Waals surface area (Å²) in [5.41, 5.74) is 0. The average molecular weight is 302 g/mol. The molecule has 0 bridgehead atoms. The Kier molecular flexibility index (Phi) is 7.19. The van der Waals surface area contributed by atoms with Gasteiger partial charge in [-0.25, -0.2) is 9.59 Å². The van der Waals surface area contributed by atoms with Gasteiger partial charge in [-0.1, -0.05) is 13.8 Å². The molecule has 0 aromatic heterocycles. The number of thioether (sulfide) groups is 1. The van der Waals surface area contributed by atoms with Crippen LogP contribution in [0.5, 0.6) is 0 Å². The zero-order valence-electron chi connectivity index (χ0n) is 12.8. The predicted molar refractivity (Wildman–Crippen MR) is 81.9 cm³/mol. The lowest BCUT2D eigenvalue weighted by molar-refractivity contribution is -0.142. The SMILES string of the molecule is COC(=O)[C@H](CCSC)NC(=O)N1C[C@H](C)C[C@H](C)C1. The Bertz CT molecular complexity index is 328. The van der Waals surface area contributed by atoms with E-state index in [-0.39, 0.29) is 12.0 Å². The van der Waals surface area contributed by atoms with E-state index >= 15 is 0 Å². The van der Waals surface area contributed by atoms with Crippen molar-refractivity contribution in [2.45, 2.75) is 32.7 Å². The molecule has 0 aliphatic carbocycles. The summed E-state index contributed by atoms with van der Waals surface area (Å²) in [7, 11) is 1.35. The van der Waals surface area contributed by atoms with Crippen molar-refractivity contribution in [2.24, 2.45) is 11.8 Å². The number of piperidine rings is 1. The number of rotatable bonds is 5. The average Bonchev–Trinajstić information content (AvgIpc) is 2.41. The fourth-order valence-corrected chi connectivity index (χ4v) is 3.17. The Balaban J connectivity index is 2.57. The van der Waals surface area contributed by atoms with Gasteiger partial charge in [0.1, 0.15) is 6.04 Å². The van der Waals surface area contributed by atoms with Crippen LogP contribution < -0.4 is 5.32 Å². The number of esters is 1. The molecule has 5 nitrogen and oxygen atoms in total. The van der Waals surface area contributed by atoms with Gasteiger partial charge in [0, 0.05) is 13.1 Å². The Morgan fingerprint density at radius 2 is 1.95 bits per heavy atom. The van der Waals surface area contributed by atoms with E-state index in [9.17, 15) is 9.59 Å². The molecule has 1 N–H and O–H groups in total. The lowest BCUT2D eigenvalue weighted by atomic mass is 9.92. The van der Waals surface area contributed by atoms with Crippen molar-refractivity contribution in [2.75, 3.05) is 32.2 Å². The minimum absolute atomic E-state index is 0.153. The monoisotopic (exact) mass is 302 g/mol. The molecular weight excluding hydrogens is 276 g/mol. The van der Waals surface area contributed by atoms with Crippen LogP contribution in [0.3, 0.4) is 0 Å². The van der Waals surface area contributed by atoms with Crippen LogP contribution in [0.2, 0.25) is 0 Å². The summed E-state index contributed by atoms with van der Waals surface area (Å²) in [5.74, 6) is 1.46. The lowest BCUT2D eigenvalue weighted by Crippen LogP contribution is -2.52. The number of carbonyl (C=O) groups excluding carboxylic acids is 2. The van der Waals surface area contributed by atoms with E-state index < -0.39 is 6.04 Å². The number of methoxy groups -OCH3 is 1. The van der Waals surface area contributed by atoms with Crippen LogP contribution in [-0.4, -0.2) is 55.2 Å². The minimum Gasteiger partial charge on any atom is -0.467 e. The number of hydrogen-bond acceptors (Lipinski definition) is 4. The summed E-state index contributed by atoms with van der Waals surface area (Å²) in [6.45, 7) is 5.82. The van der Waals surface area contributed by atoms with Crippen molar-refractivity contribution in [1.29, 1.82) is 0 Å². The van der Waals surface area contributed by atoms with Gasteiger partial charge in [-0.2, -0.15) is 11.8 Å². The second-order valence-corrected chi connectivity index (χ2v) is 6.64. The first-order chi connectivity index (χ1) is 9.47. The molecule has 0 aromatic carbocycles. The molecule has 1 rings (SSSR count). The molecule has 20 heavy (non-hydrogen) atoms. The molecule has 2 amide bonds. The molecule has 6 heteroatoms. The Hall–Kier alpha value is -0.910. The smallest absolute Gasteiger partial charge is 0.328 e. The molecular formula is C14H26N2O3S. The third kappa shape index (κ3) is 5.23. The second-order valence-electron chi connectivity index (χ2n) is 5.66. The summed E-state index contributed by atoms with van der Waals surface area (Å²) in [6, 6.07) is -0.701. The van der Waals surface area contributed by atoms with Crippen LogP contribution in [0.15, 0.2) is 0 Å². The number of likely N-dealkylation sites (tertiary alicyclic amines) is 1. The van der Waals surface area contributed by atoms with Gasteiger partial charge in [0.15, 0.2) is 0 Å². The number of urea groups is 1. The summed E-state index contributed by atoms with van der Waals surface area (Å²) in [4.78, 5) is 25.8. The molecule has 0 unspecified atom stereocenters. The van der Waals surface area contributed by atoms with Gasteiger partial charge in [-0.15, -0.1) is 0 Å². The first-order valence-corrected chi connectivity index (χ1v) is 8.49. The number of hydrogen-bond donors (Lipinski definition) is 1. The number of ether oxygens (including phenoxy) is 1. The summed E-state index contributed by atoms with van der Waals surface area (Å²) in [6.07, 6.45) is 3.72. The maximum absolute atomic E-state index is 12.3. The summed E-state index contributed by atoms with van der Waals surface area (Å²) >= 11 is 1.65. The molecule has 1 saturated heterocycles. The number of carbonyl (C=O) groups is 2. The second kappa shape index (κ2) is 8.39. The molecule has 116 valence electrons. The van der Waals surface area contributed by atoms with Crippen molar-refractivity contribution in [1.82, 2.24) is 10.2 Å². The molecule has 0 saturated carbocycles. The minimum atomic E-state index is -0.549. The molecule has 1 aliphatic heterocycles. The topological polar surface area (TPSA) is 58.6 Å². The van der Waals surface area contributed by atoms with Gasteiger partial charge in [0.25, 0.3) is 0 Å². The number of amides is 2. The molecule has 0 spiro atoms. The van der Waals surface area contributed by atoms with Crippen LogP contribution in [0.25, 0.3) is 0 Å². The zero-order chi connectivity index (χ0) is 15.1. The molecule has 1 aliphatic rings. The standard InChI is InChI=1S/C14H26N2O3S/c1-10-7-11(2)9-16(8-10)14(18)15-12(5-6-20-4)13(17)19-3/h10-12H,5-9H2,1-4H3,(H,15,18)/t10-,11+,12-/m0/s1. The van der Waals surface area contributed by atoms with E-state index in [0.29, 0.717) is 18.3 Å². The summed E-state index contributed by atoms with van der Waals surface area (Å²) in [5, 5.41) is 2.81. The largest absolute Gasteiger partial charge is 0.467 e. The van der Waals surface area contributed by atoms with Crippen LogP contribution in [-0.2, 0) is 9.53 Å². The van der Waals surface area contributed by atoms with Gasteiger partial charge >= 0.3 is 12.0 Å². The number of nitrogens with one attached hydrogen (secondary N) is 1. The van der Waals surface area contributed by atoms with Crippen LogP contribution >= 0.6 is 11.8 Å². The van der Waals surface area contributed by atoms with E-state index in [2.05, 4.69) is 19.2 Å². The Morgan fingerprint density at radius 1 is 1.35 bits per heavy atom. The van der Waals surface area contributed by atoms with E-state index in [1.165, 1.54) is 7.11 Å². The third-order valence-electron chi connectivity index (χ3n) is 3.55. The maximum atomic E-state index is 12.3.